The first-order chi connectivity index (χ1) is 8.62. The number of carbonyl (C=O) groups excluding carboxylic acids is 1. The third-order valence-corrected chi connectivity index (χ3v) is 2.88. The first-order valence-electron chi connectivity index (χ1n) is 6.26. The number of rotatable bonds is 6. The van der Waals surface area contributed by atoms with Crippen molar-refractivity contribution in [2.45, 2.75) is 39.2 Å². The Balaban J connectivity index is 2.97. The lowest BCUT2D eigenvalue weighted by atomic mass is 10.1. The highest BCUT2D eigenvalue weighted by atomic mass is 19.1. The van der Waals surface area contributed by atoms with Gasteiger partial charge in [0.2, 0.25) is 0 Å². The molecule has 1 unspecified atom stereocenters. The Labute approximate surface area is 107 Å². The molecule has 100 valence electrons. The highest BCUT2D eigenvalue weighted by molar-refractivity contribution is 5.95. The van der Waals surface area contributed by atoms with Crippen molar-refractivity contribution in [1.29, 1.82) is 0 Å². The van der Waals surface area contributed by atoms with Gasteiger partial charge in [-0.25, -0.2) is 9.18 Å². The Kier molecular flexibility index (Phi) is 5.62. The van der Waals surface area contributed by atoms with E-state index in [2.05, 4.69) is 19.2 Å². The Bertz CT molecular complexity index is 407. The number of hydrogen-bond donors (Lipinski definition) is 1. The highest BCUT2D eigenvalue weighted by Gasteiger charge is 2.15. The van der Waals surface area contributed by atoms with Crippen LogP contribution in [-0.4, -0.2) is 19.1 Å². The first-order valence-corrected chi connectivity index (χ1v) is 6.26. The average Bonchev–Trinajstić information content (AvgIpc) is 2.37. The second-order valence-corrected chi connectivity index (χ2v) is 4.22. The summed E-state index contributed by atoms with van der Waals surface area (Å²) in [4.78, 5) is 11.6. The van der Waals surface area contributed by atoms with Gasteiger partial charge < -0.3 is 10.1 Å². The largest absolute Gasteiger partial charge is 0.465 e. The number of ether oxygens (including phenoxy) is 1. The fraction of sp³-hybridized carbons (Fsp3) is 0.500. The van der Waals surface area contributed by atoms with Crippen LogP contribution in [0.4, 0.5) is 10.1 Å². The number of hydrogen-bond acceptors (Lipinski definition) is 3. The molecule has 0 saturated heterocycles. The monoisotopic (exact) mass is 253 g/mol. The van der Waals surface area contributed by atoms with E-state index in [4.69, 9.17) is 4.74 Å². The average molecular weight is 253 g/mol. The van der Waals surface area contributed by atoms with Crippen LogP contribution < -0.4 is 5.32 Å². The molecule has 0 aliphatic carbocycles. The van der Waals surface area contributed by atoms with Crippen molar-refractivity contribution in [3.63, 3.8) is 0 Å². The molecule has 1 atom stereocenters. The third-order valence-electron chi connectivity index (χ3n) is 2.88. The van der Waals surface area contributed by atoms with E-state index in [-0.39, 0.29) is 11.9 Å². The van der Waals surface area contributed by atoms with Gasteiger partial charge >= 0.3 is 5.97 Å². The number of anilines is 1. The second-order valence-electron chi connectivity index (χ2n) is 4.22. The summed E-state index contributed by atoms with van der Waals surface area (Å²) in [6.07, 6.45) is 2.94. The molecule has 18 heavy (non-hydrogen) atoms. The van der Waals surface area contributed by atoms with Gasteiger partial charge in [-0.3, -0.25) is 0 Å². The lowest BCUT2D eigenvalue weighted by molar-refractivity contribution is 0.0601. The summed E-state index contributed by atoms with van der Waals surface area (Å²) >= 11 is 0. The molecule has 1 aromatic rings. The zero-order valence-corrected chi connectivity index (χ0v) is 11.1. The minimum Gasteiger partial charge on any atom is -0.465 e. The molecular formula is C14H20FNO2. The molecule has 0 aliphatic heterocycles. The van der Waals surface area contributed by atoms with Gasteiger partial charge in [0.1, 0.15) is 5.82 Å². The summed E-state index contributed by atoms with van der Waals surface area (Å²) < 4.78 is 18.0. The SMILES string of the molecule is CCCC(CC)Nc1cc(F)ccc1C(=O)OC. The molecule has 0 radical (unpaired) electrons. The van der Waals surface area contributed by atoms with Crippen molar-refractivity contribution < 1.29 is 13.9 Å². The molecule has 1 N–H and O–H groups in total. The van der Waals surface area contributed by atoms with Crippen molar-refractivity contribution in [3.8, 4) is 0 Å². The van der Waals surface area contributed by atoms with E-state index < -0.39 is 5.97 Å². The maximum absolute atomic E-state index is 13.3. The summed E-state index contributed by atoms with van der Waals surface area (Å²) in [6, 6.07) is 4.28. The zero-order valence-electron chi connectivity index (χ0n) is 11.1. The maximum Gasteiger partial charge on any atom is 0.339 e. The number of esters is 1. The number of benzene rings is 1. The fourth-order valence-electron chi connectivity index (χ4n) is 1.87. The summed E-state index contributed by atoms with van der Waals surface area (Å²) in [6.45, 7) is 4.15. The predicted octanol–water partition coefficient (Wildman–Crippen LogP) is 3.60. The molecule has 0 heterocycles. The Hall–Kier alpha value is -1.58. The van der Waals surface area contributed by atoms with Crippen LogP contribution in [-0.2, 0) is 4.74 Å². The standard InChI is InChI=1S/C14H20FNO2/c1-4-6-11(5-2)16-13-9-10(15)7-8-12(13)14(17)18-3/h7-9,11,16H,4-6H2,1-3H3. The molecule has 1 rings (SSSR count). The van der Waals surface area contributed by atoms with Gasteiger partial charge in [-0.05, 0) is 31.0 Å². The summed E-state index contributed by atoms with van der Waals surface area (Å²) in [5.74, 6) is -0.819. The van der Waals surface area contributed by atoms with Crippen molar-refractivity contribution in [1.82, 2.24) is 0 Å². The normalized spacial score (nSPS) is 12.0. The second kappa shape index (κ2) is 6.99. The van der Waals surface area contributed by atoms with Gasteiger partial charge in [0.05, 0.1) is 18.4 Å². The van der Waals surface area contributed by atoms with Crippen LogP contribution >= 0.6 is 0 Å². The van der Waals surface area contributed by atoms with Crippen LogP contribution in [0.25, 0.3) is 0 Å². The van der Waals surface area contributed by atoms with Crippen molar-refractivity contribution in [2.24, 2.45) is 0 Å². The van der Waals surface area contributed by atoms with Crippen molar-refractivity contribution in [3.05, 3.63) is 29.6 Å². The van der Waals surface area contributed by atoms with Crippen LogP contribution in [0.1, 0.15) is 43.5 Å². The number of nitrogens with one attached hydrogen (secondary N) is 1. The van der Waals surface area contributed by atoms with Crippen molar-refractivity contribution in [2.75, 3.05) is 12.4 Å². The minimum atomic E-state index is -0.455. The van der Waals surface area contributed by atoms with Gasteiger partial charge in [-0.1, -0.05) is 20.3 Å². The van der Waals surface area contributed by atoms with Crippen LogP contribution in [0.3, 0.4) is 0 Å². The lowest BCUT2D eigenvalue weighted by Gasteiger charge is -2.19. The Morgan fingerprint density at radius 1 is 1.44 bits per heavy atom. The smallest absolute Gasteiger partial charge is 0.339 e. The molecule has 0 saturated carbocycles. The number of carbonyl (C=O) groups is 1. The van der Waals surface area contributed by atoms with Crippen molar-refractivity contribution >= 4 is 11.7 Å². The number of methoxy groups -OCH3 is 1. The third kappa shape index (κ3) is 3.72. The highest BCUT2D eigenvalue weighted by Crippen LogP contribution is 2.21. The topological polar surface area (TPSA) is 38.3 Å². The van der Waals surface area contributed by atoms with Gasteiger partial charge in [0.25, 0.3) is 0 Å². The molecule has 4 heteroatoms. The van der Waals surface area contributed by atoms with E-state index in [1.165, 1.54) is 25.3 Å². The van der Waals surface area contributed by atoms with E-state index >= 15 is 0 Å². The van der Waals surface area contributed by atoms with Gasteiger partial charge in [-0.2, -0.15) is 0 Å². The van der Waals surface area contributed by atoms with E-state index in [1.807, 2.05) is 0 Å². The molecule has 3 nitrogen and oxygen atoms in total. The van der Waals surface area contributed by atoms with E-state index in [9.17, 15) is 9.18 Å². The van der Waals surface area contributed by atoms with Crippen LogP contribution in [0.5, 0.6) is 0 Å². The summed E-state index contributed by atoms with van der Waals surface area (Å²) in [5.41, 5.74) is 0.871. The molecule has 1 aromatic carbocycles. The van der Waals surface area contributed by atoms with E-state index in [1.54, 1.807) is 0 Å². The van der Waals surface area contributed by atoms with E-state index in [0.29, 0.717) is 11.3 Å². The Morgan fingerprint density at radius 2 is 2.17 bits per heavy atom. The van der Waals surface area contributed by atoms with Crippen LogP contribution in [0.15, 0.2) is 18.2 Å². The van der Waals surface area contributed by atoms with Gasteiger partial charge in [-0.15, -0.1) is 0 Å². The van der Waals surface area contributed by atoms with Gasteiger partial charge in [0.15, 0.2) is 0 Å². The van der Waals surface area contributed by atoms with E-state index in [0.717, 1.165) is 19.3 Å². The zero-order chi connectivity index (χ0) is 13.5. The molecule has 0 spiro atoms. The molecule has 0 fully saturated rings. The Morgan fingerprint density at radius 3 is 2.72 bits per heavy atom. The van der Waals surface area contributed by atoms with Gasteiger partial charge in [0, 0.05) is 6.04 Å². The van der Waals surface area contributed by atoms with Crippen LogP contribution in [0, 0.1) is 5.82 Å². The summed E-state index contributed by atoms with van der Waals surface area (Å²) in [5, 5.41) is 3.21. The molecule has 0 aromatic heterocycles. The number of halogens is 1. The lowest BCUT2D eigenvalue weighted by Crippen LogP contribution is -2.20. The quantitative estimate of drug-likeness (QED) is 0.787. The maximum atomic E-state index is 13.3. The molecule has 0 aliphatic rings. The molecule has 0 amide bonds. The first kappa shape index (κ1) is 14.5. The molecule has 0 bridgehead atoms. The van der Waals surface area contributed by atoms with Crippen LogP contribution in [0.2, 0.25) is 0 Å². The minimum absolute atomic E-state index is 0.236. The molecular weight excluding hydrogens is 233 g/mol. The predicted molar refractivity (Wildman–Crippen MR) is 70.3 cm³/mol. The summed E-state index contributed by atoms with van der Waals surface area (Å²) in [7, 11) is 1.32. The fourth-order valence-corrected chi connectivity index (χ4v) is 1.87.